The van der Waals surface area contributed by atoms with Gasteiger partial charge in [0.05, 0.1) is 21.0 Å². The van der Waals surface area contributed by atoms with Crippen LogP contribution in [0.1, 0.15) is 12.8 Å². The van der Waals surface area contributed by atoms with Crippen molar-refractivity contribution < 1.29 is 10.2 Å². The number of aliphatic hydroxyl groups excluding tert-OH is 2. The molecule has 0 heterocycles. The van der Waals surface area contributed by atoms with Crippen molar-refractivity contribution in [3.05, 3.63) is 11.3 Å². The smallest absolute Gasteiger partial charge is 0.0972 e. The molecule has 0 aromatic carbocycles. The molecule has 0 saturated carbocycles. The lowest BCUT2D eigenvalue weighted by molar-refractivity contribution is 0.0355. The van der Waals surface area contributed by atoms with Crippen LogP contribution in [0.25, 0.3) is 0 Å². The molecule has 11 heavy (non-hydrogen) atoms. The highest BCUT2D eigenvalue weighted by Crippen LogP contribution is 2.20. The average Bonchev–Trinajstić information content (AvgIpc) is 1.94. The van der Waals surface area contributed by atoms with Crippen LogP contribution in [-0.2, 0) is 0 Å². The largest absolute Gasteiger partial charge is 0.390 e. The lowest BCUT2D eigenvalue weighted by Gasteiger charge is -2.26. The van der Waals surface area contributed by atoms with E-state index in [1.54, 1.807) is 0 Å². The molecule has 0 aliphatic heterocycles. The van der Waals surface area contributed by atoms with E-state index in [1.165, 1.54) is 0 Å². The quantitative estimate of drug-likeness (QED) is 0.571. The van der Waals surface area contributed by atoms with Gasteiger partial charge in [0, 0.05) is 0 Å². The van der Waals surface area contributed by atoms with Gasteiger partial charge in [0.15, 0.2) is 0 Å². The minimum absolute atomic E-state index is 0.519. The highest BCUT2D eigenvalue weighted by atomic mass is 28.3. The van der Waals surface area contributed by atoms with Gasteiger partial charge in [-0.3, -0.25) is 0 Å². The fourth-order valence-electron chi connectivity index (χ4n) is 1.40. The second-order valence-corrected chi connectivity index (χ2v) is 5.83. The fourth-order valence-corrected chi connectivity index (χ4v) is 2.73. The van der Waals surface area contributed by atoms with Crippen LogP contribution >= 0.6 is 0 Å². The maximum atomic E-state index is 9.52. The topological polar surface area (TPSA) is 40.5 Å². The minimum atomic E-state index is -0.576. The standard InChI is InChI=1S/C8H15O2Si/c1-11(2)7-5-3-4-6(9)8(7)10/h5-6,8-10H,3-4H2,1-2H3. The zero-order chi connectivity index (χ0) is 8.43. The molecule has 1 radical (unpaired) electrons. The molecule has 0 bridgehead atoms. The van der Waals surface area contributed by atoms with E-state index in [2.05, 4.69) is 19.2 Å². The Morgan fingerprint density at radius 1 is 1.45 bits per heavy atom. The van der Waals surface area contributed by atoms with Gasteiger partial charge in [0.1, 0.15) is 0 Å². The Bertz CT molecular complexity index is 165. The third kappa shape index (κ3) is 1.92. The molecular formula is C8H15O2Si. The van der Waals surface area contributed by atoms with Gasteiger partial charge in [-0.15, -0.1) is 0 Å². The van der Waals surface area contributed by atoms with E-state index in [-0.39, 0.29) is 0 Å². The van der Waals surface area contributed by atoms with E-state index >= 15 is 0 Å². The van der Waals surface area contributed by atoms with Crippen molar-refractivity contribution in [2.75, 3.05) is 0 Å². The second-order valence-electron chi connectivity index (χ2n) is 3.25. The molecule has 1 aliphatic carbocycles. The fraction of sp³-hybridized carbons (Fsp3) is 0.750. The predicted octanol–water partition coefficient (Wildman–Crippen LogP) is 0.722. The summed E-state index contributed by atoms with van der Waals surface area (Å²) in [4.78, 5) is 0. The Kier molecular flexibility index (Phi) is 2.87. The molecule has 63 valence electrons. The van der Waals surface area contributed by atoms with Crippen molar-refractivity contribution in [2.24, 2.45) is 0 Å². The Hall–Kier alpha value is -0.123. The van der Waals surface area contributed by atoms with Gasteiger partial charge in [-0.05, 0) is 12.8 Å². The van der Waals surface area contributed by atoms with Gasteiger partial charge in [0.2, 0.25) is 0 Å². The van der Waals surface area contributed by atoms with Crippen molar-refractivity contribution in [3.63, 3.8) is 0 Å². The number of allylic oxidation sites excluding steroid dienone is 1. The van der Waals surface area contributed by atoms with Crippen LogP contribution in [0.4, 0.5) is 0 Å². The summed E-state index contributed by atoms with van der Waals surface area (Å²) in [7, 11) is -0.565. The Morgan fingerprint density at radius 3 is 2.55 bits per heavy atom. The monoisotopic (exact) mass is 171 g/mol. The molecule has 2 N–H and O–H groups in total. The number of hydrogen-bond donors (Lipinski definition) is 2. The van der Waals surface area contributed by atoms with Crippen LogP contribution < -0.4 is 0 Å². The lowest BCUT2D eigenvalue weighted by Crippen LogP contribution is -2.35. The summed E-state index contributed by atoms with van der Waals surface area (Å²) in [5.41, 5.74) is 0. The van der Waals surface area contributed by atoms with E-state index < -0.39 is 21.0 Å². The van der Waals surface area contributed by atoms with Crippen LogP contribution in [0, 0.1) is 0 Å². The van der Waals surface area contributed by atoms with E-state index in [1.807, 2.05) is 0 Å². The van der Waals surface area contributed by atoms with Gasteiger partial charge in [-0.2, -0.15) is 0 Å². The van der Waals surface area contributed by atoms with Crippen molar-refractivity contribution in [1.29, 1.82) is 0 Å². The first-order valence-electron chi connectivity index (χ1n) is 3.99. The van der Waals surface area contributed by atoms with Crippen LogP contribution in [-0.4, -0.2) is 31.2 Å². The van der Waals surface area contributed by atoms with E-state index in [9.17, 15) is 10.2 Å². The summed E-state index contributed by atoms with van der Waals surface area (Å²) < 4.78 is 0. The molecule has 0 saturated heterocycles. The first kappa shape index (κ1) is 8.97. The zero-order valence-electron chi connectivity index (χ0n) is 7.04. The maximum absolute atomic E-state index is 9.52. The van der Waals surface area contributed by atoms with Crippen molar-refractivity contribution in [2.45, 2.75) is 38.1 Å². The van der Waals surface area contributed by atoms with Gasteiger partial charge >= 0.3 is 0 Å². The molecule has 0 aromatic rings. The molecule has 0 aromatic heterocycles. The van der Waals surface area contributed by atoms with Crippen LogP contribution in [0.2, 0.25) is 13.1 Å². The predicted molar refractivity (Wildman–Crippen MR) is 46.8 cm³/mol. The molecule has 0 fully saturated rings. The van der Waals surface area contributed by atoms with Crippen LogP contribution in [0.15, 0.2) is 11.3 Å². The summed E-state index contributed by atoms with van der Waals surface area (Å²) in [6, 6.07) is 0. The second kappa shape index (κ2) is 3.52. The number of rotatable bonds is 1. The molecule has 2 atom stereocenters. The summed E-state index contributed by atoms with van der Waals surface area (Å²) >= 11 is 0. The summed E-state index contributed by atoms with van der Waals surface area (Å²) in [5.74, 6) is 0. The van der Waals surface area contributed by atoms with Gasteiger partial charge in [-0.25, -0.2) is 0 Å². The summed E-state index contributed by atoms with van der Waals surface area (Å²) in [5, 5.41) is 19.9. The molecule has 0 spiro atoms. The number of aliphatic hydroxyl groups is 2. The lowest BCUT2D eigenvalue weighted by atomic mass is 10.0. The third-order valence-electron chi connectivity index (χ3n) is 2.09. The maximum Gasteiger partial charge on any atom is 0.0972 e. The Labute approximate surface area is 69.2 Å². The molecule has 1 aliphatic rings. The van der Waals surface area contributed by atoms with Gasteiger partial charge < -0.3 is 10.2 Å². The summed E-state index contributed by atoms with van der Waals surface area (Å²) in [6.45, 7) is 4.27. The SMILES string of the molecule is C[Si](C)C1=CCCC(O)C1O. The molecule has 2 nitrogen and oxygen atoms in total. The molecule has 1 rings (SSSR count). The van der Waals surface area contributed by atoms with Gasteiger partial charge in [0.25, 0.3) is 0 Å². The Morgan fingerprint density at radius 2 is 2.09 bits per heavy atom. The zero-order valence-corrected chi connectivity index (χ0v) is 8.04. The van der Waals surface area contributed by atoms with Crippen LogP contribution in [0.5, 0.6) is 0 Å². The number of hydrogen-bond acceptors (Lipinski definition) is 2. The van der Waals surface area contributed by atoms with E-state index in [4.69, 9.17) is 0 Å². The average molecular weight is 171 g/mol. The first-order valence-corrected chi connectivity index (χ1v) is 6.49. The normalized spacial score (nSPS) is 32.3. The highest BCUT2D eigenvalue weighted by molar-refractivity contribution is 6.64. The minimum Gasteiger partial charge on any atom is -0.390 e. The Balaban J connectivity index is 2.70. The summed E-state index contributed by atoms with van der Waals surface area (Å²) in [6.07, 6.45) is 2.62. The highest BCUT2D eigenvalue weighted by Gasteiger charge is 2.25. The van der Waals surface area contributed by atoms with Crippen LogP contribution in [0.3, 0.4) is 0 Å². The molecule has 0 amide bonds. The van der Waals surface area contributed by atoms with Gasteiger partial charge in [-0.1, -0.05) is 24.4 Å². The molecule has 3 heteroatoms. The van der Waals surface area contributed by atoms with Crippen molar-refractivity contribution >= 4 is 8.80 Å². The van der Waals surface area contributed by atoms with E-state index in [0.717, 1.165) is 11.6 Å². The van der Waals surface area contributed by atoms with E-state index in [0.29, 0.717) is 6.42 Å². The molecule has 2 unspecified atom stereocenters. The first-order chi connectivity index (χ1) is 5.13. The molecular weight excluding hydrogens is 156 g/mol. The third-order valence-corrected chi connectivity index (χ3v) is 3.74. The van der Waals surface area contributed by atoms with Crippen molar-refractivity contribution in [1.82, 2.24) is 0 Å². The van der Waals surface area contributed by atoms with Crippen molar-refractivity contribution in [3.8, 4) is 0 Å².